The number of carbonyl (C=O) groups excluding carboxylic acids is 1. The molecule has 1 fully saturated rings. The quantitative estimate of drug-likeness (QED) is 0.412. The summed E-state index contributed by atoms with van der Waals surface area (Å²) in [7, 11) is 0. The Balaban J connectivity index is 1.56. The van der Waals surface area contributed by atoms with Crippen molar-refractivity contribution in [1.29, 1.82) is 0 Å². The molecule has 0 spiro atoms. The topological polar surface area (TPSA) is 37.3 Å². The first-order chi connectivity index (χ1) is 15.4. The largest absolute Gasteiger partial charge is 0.345 e. The van der Waals surface area contributed by atoms with Crippen molar-refractivity contribution >= 4 is 11.7 Å². The fraction of sp³-hybridized carbons (Fsp3) is 0.393. The smallest absolute Gasteiger partial charge is 0.322 e. The fourth-order valence-electron chi connectivity index (χ4n) is 4.33. The van der Waals surface area contributed by atoms with E-state index in [1.807, 2.05) is 11.0 Å². The Bertz CT molecular complexity index is 1020. The van der Waals surface area contributed by atoms with Gasteiger partial charge in [-0.05, 0) is 53.5 Å². The molecule has 1 saturated carbocycles. The third-order valence-corrected chi connectivity index (χ3v) is 6.30. The lowest BCUT2D eigenvalue weighted by molar-refractivity contribution is 0.204. The number of hydrogen-bond donors (Lipinski definition) is 1. The first-order valence-electron chi connectivity index (χ1n) is 11.8. The van der Waals surface area contributed by atoms with Crippen LogP contribution in [0.15, 0.2) is 66.9 Å². The minimum Gasteiger partial charge on any atom is -0.345 e. The lowest BCUT2D eigenvalue weighted by Crippen LogP contribution is -2.37. The second kappa shape index (κ2) is 9.64. The van der Waals surface area contributed by atoms with Gasteiger partial charge >= 0.3 is 6.03 Å². The van der Waals surface area contributed by atoms with Crippen LogP contribution in [0.4, 0.5) is 10.5 Å². The molecule has 0 atom stereocenters. The Labute approximate surface area is 192 Å². The molecule has 2 amide bonds. The fourth-order valence-corrected chi connectivity index (χ4v) is 4.33. The summed E-state index contributed by atoms with van der Waals surface area (Å²) in [6.45, 7) is 10.2. The summed E-state index contributed by atoms with van der Waals surface area (Å²) in [6.07, 6.45) is 4.27. The Hall–Kier alpha value is -3.01. The summed E-state index contributed by atoms with van der Waals surface area (Å²) in [6, 6.07) is 21.4. The maximum Gasteiger partial charge on any atom is 0.322 e. The molecule has 1 aliphatic rings. The summed E-state index contributed by atoms with van der Waals surface area (Å²) >= 11 is 0. The predicted octanol–water partition coefficient (Wildman–Crippen LogP) is 6.98. The summed E-state index contributed by atoms with van der Waals surface area (Å²) in [5, 5.41) is 3.32. The molecule has 4 heteroatoms. The van der Waals surface area contributed by atoms with Gasteiger partial charge in [-0.2, -0.15) is 0 Å². The van der Waals surface area contributed by atoms with E-state index in [1.54, 1.807) is 0 Å². The molecule has 0 aliphatic heterocycles. The first kappa shape index (κ1) is 22.2. The van der Waals surface area contributed by atoms with Gasteiger partial charge in [-0.25, -0.2) is 4.79 Å². The van der Waals surface area contributed by atoms with Crippen LogP contribution in [-0.4, -0.2) is 21.5 Å². The van der Waals surface area contributed by atoms with Gasteiger partial charge in [0.1, 0.15) is 0 Å². The Morgan fingerprint density at radius 2 is 1.59 bits per heavy atom. The Morgan fingerprint density at radius 1 is 0.938 bits per heavy atom. The number of carbonyl (C=O) groups is 1. The molecule has 1 aromatic heterocycles. The van der Waals surface area contributed by atoms with Gasteiger partial charge in [0, 0.05) is 30.2 Å². The predicted molar refractivity (Wildman–Crippen MR) is 132 cm³/mol. The van der Waals surface area contributed by atoms with E-state index < -0.39 is 0 Å². The molecule has 4 rings (SSSR count). The molecule has 0 bridgehead atoms. The molecule has 1 N–H and O–H groups in total. The number of urea groups is 1. The standard InChI is InChI=1S/C28H35N3O/c1-20(2)25-13-8-14-26(21(3)4)27(25)29-28(32)31(23-15-16-23)19-24-12-9-17-30(24)18-22-10-6-5-7-11-22/h5-14,17,20-21,23H,15-16,18-19H2,1-4H3,(H,29,32). The monoisotopic (exact) mass is 429 g/mol. The van der Waals surface area contributed by atoms with Crippen LogP contribution >= 0.6 is 0 Å². The van der Waals surface area contributed by atoms with Gasteiger partial charge in [-0.15, -0.1) is 0 Å². The van der Waals surface area contributed by atoms with Gasteiger partial charge in [0.05, 0.1) is 6.54 Å². The van der Waals surface area contributed by atoms with Crippen LogP contribution < -0.4 is 5.32 Å². The van der Waals surface area contributed by atoms with E-state index in [1.165, 1.54) is 16.7 Å². The average molecular weight is 430 g/mol. The highest BCUT2D eigenvalue weighted by Crippen LogP contribution is 2.34. The van der Waals surface area contributed by atoms with Gasteiger partial charge in [-0.3, -0.25) is 0 Å². The van der Waals surface area contributed by atoms with Crippen molar-refractivity contribution in [3.63, 3.8) is 0 Å². The second-order valence-electron chi connectivity index (χ2n) is 9.52. The molecule has 2 aromatic carbocycles. The highest BCUT2D eigenvalue weighted by molar-refractivity contribution is 5.91. The number of benzene rings is 2. The highest BCUT2D eigenvalue weighted by Gasteiger charge is 2.33. The van der Waals surface area contributed by atoms with Crippen LogP contribution in [0.1, 0.15) is 74.8 Å². The van der Waals surface area contributed by atoms with Gasteiger partial charge < -0.3 is 14.8 Å². The lowest BCUT2D eigenvalue weighted by Gasteiger charge is -2.26. The van der Waals surface area contributed by atoms with Crippen molar-refractivity contribution in [3.05, 3.63) is 89.2 Å². The average Bonchev–Trinajstić information content (AvgIpc) is 3.52. The minimum absolute atomic E-state index is 0.00922. The van der Waals surface area contributed by atoms with Crippen molar-refractivity contribution in [2.24, 2.45) is 0 Å². The molecule has 1 aliphatic carbocycles. The van der Waals surface area contributed by atoms with Gasteiger partial charge in [0.2, 0.25) is 0 Å². The van der Waals surface area contributed by atoms with Crippen LogP contribution in [0, 0.1) is 0 Å². The van der Waals surface area contributed by atoms with E-state index in [4.69, 9.17) is 0 Å². The number of amides is 2. The maximum absolute atomic E-state index is 13.5. The summed E-state index contributed by atoms with van der Waals surface area (Å²) in [5.41, 5.74) is 5.82. The van der Waals surface area contributed by atoms with Crippen LogP contribution in [0.3, 0.4) is 0 Å². The summed E-state index contributed by atoms with van der Waals surface area (Å²) < 4.78 is 2.25. The molecule has 3 aromatic rings. The highest BCUT2D eigenvalue weighted by atomic mass is 16.2. The van der Waals surface area contributed by atoms with Crippen LogP contribution in [0.25, 0.3) is 0 Å². The SMILES string of the molecule is CC(C)c1cccc(C(C)C)c1NC(=O)N(Cc1cccn1Cc1ccccc1)C1CC1. The molecular weight excluding hydrogens is 394 g/mol. The zero-order valence-electron chi connectivity index (χ0n) is 19.7. The van der Waals surface area contributed by atoms with E-state index in [0.717, 1.165) is 30.8 Å². The maximum atomic E-state index is 13.5. The number of hydrogen-bond acceptors (Lipinski definition) is 1. The van der Waals surface area contributed by atoms with Crippen LogP contribution in [0.2, 0.25) is 0 Å². The van der Waals surface area contributed by atoms with Gasteiger partial charge in [0.25, 0.3) is 0 Å². The van der Waals surface area contributed by atoms with Crippen LogP contribution in [0.5, 0.6) is 0 Å². The molecule has 32 heavy (non-hydrogen) atoms. The Kier molecular flexibility index (Phi) is 6.69. The number of rotatable bonds is 8. The van der Waals surface area contributed by atoms with Crippen LogP contribution in [-0.2, 0) is 13.1 Å². The summed E-state index contributed by atoms with van der Waals surface area (Å²) in [5.74, 6) is 0.697. The van der Waals surface area contributed by atoms with Crippen molar-refractivity contribution < 1.29 is 4.79 Å². The molecule has 168 valence electrons. The summed E-state index contributed by atoms with van der Waals surface area (Å²) in [4.78, 5) is 15.6. The van der Waals surface area contributed by atoms with Crippen molar-refractivity contribution in [2.45, 2.75) is 71.5 Å². The van der Waals surface area contributed by atoms with E-state index >= 15 is 0 Å². The molecular formula is C28H35N3O. The van der Waals surface area contributed by atoms with Crippen molar-refractivity contribution in [2.75, 3.05) is 5.32 Å². The van der Waals surface area contributed by atoms with E-state index in [-0.39, 0.29) is 6.03 Å². The minimum atomic E-state index is 0.00922. The van der Waals surface area contributed by atoms with E-state index in [9.17, 15) is 4.79 Å². The normalized spacial score (nSPS) is 13.6. The molecule has 4 nitrogen and oxygen atoms in total. The number of anilines is 1. The molecule has 1 heterocycles. The third kappa shape index (κ3) is 5.07. The van der Waals surface area contributed by atoms with Gasteiger partial charge in [-0.1, -0.05) is 76.2 Å². The third-order valence-electron chi connectivity index (χ3n) is 6.30. The lowest BCUT2D eigenvalue weighted by atomic mass is 9.93. The number of aromatic nitrogens is 1. The number of nitrogens with zero attached hydrogens (tertiary/aromatic N) is 2. The molecule has 0 radical (unpaired) electrons. The van der Waals surface area contributed by atoms with E-state index in [0.29, 0.717) is 24.4 Å². The number of nitrogens with one attached hydrogen (secondary N) is 1. The number of para-hydroxylation sites is 1. The molecule has 0 saturated heterocycles. The first-order valence-corrected chi connectivity index (χ1v) is 11.8. The molecule has 0 unspecified atom stereocenters. The van der Waals surface area contributed by atoms with Crippen molar-refractivity contribution in [1.82, 2.24) is 9.47 Å². The zero-order chi connectivity index (χ0) is 22.7. The second-order valence-corrected chi connectivity index (χ2v) is 9.52. The van der Waals surface area contributed by atoms with Gasteiger partial charge in [0.15, 0.2) is 0 Å². The van der Waals surface area contributed by atoms with E-state index in [2.05, 4.69) is 98.4 Å². The Morgan fingerprint density at radius 3 is 2.19 bits per heavy atom. The zero-order valence-corrected chi connectivity index (χ0v) is 19.7. The van der Waals surface area contributed by atoms with Crippen molar-refractivity contribution in [3.8, 4) is 0 Å².